The summed E-state index contributed by atoms with van der Waals surface area (Å²) in [6.45, 7) is 5.99. The highest BCUT2D eigenvalue weighted by atomic mass is 35.5. The van der Waals surface area contributed by atoms with Crippen LogP contribution in [0.4, 0.5) is 0 Å². The van der Waals surface area contributed by atoms with Crippen molar-refractivity contribution in [1.29, 1.82) is 0 Å². The minimum atomic E-state index is -1.10. The molecular weight excluding hydrogens is 230 g/mol. The molecule has 86 valence electrons. The van der Waals surface area contributed by atoms with Gasteiger partial charge in [-0.3, -0.25) is 0 Å². The van der Waals surface area contributed by atoms with Gasteiger partial charge in [-0.25, -0.2) is 9.78 Å². The first-order valence-corrected chi connectivity index (χ1v) is 5.05. The summed E-state index contributed by atoms with van der Waals surface area (Å²) in [4.78, 5) is 14.6. The average Bonchev–Trinajstić information content (AvgIpc) is 2.19. The fourth-order valence-corrected chi connectivity index (χ4v) is 1.26. The molecule has 4 nitrogen and oxygen atoms in total. The number of aromatic carboxylic acids is 1. The molecule has 0 aliphatic carbocycles. The van der Waals surface area contributed by atoms with Crippen LogP contribution in [0, 0.1) is 0 Å². The molecule has 0 saturated heterocycles. The molecule has 1 heterocycles. The monoisotopic (exact) mass is 241 g/mol. The summed E-state index contributed by atoms with van der Waals surface area (Å²) in [5.41, 5.74) is 0.965. The van der Waals surface area contributed by atoms with Crippen molar-refractivity contribution in [2.24, 2.45) is 0 Å². The van der Waals surface area contributed by atoms with Gasteiger partial charge in [0.05, 0.1) is 12.2 Å². The van der Waals surface area contributed by atoms with Crippen molar-refractivity contribution in [1.82, 2.24) is 4.98 Å². The zero-order valence-electron chi connectivity index (χ0n) is 8.86. The standard InChI is InChI=1S/C11H12ClNO3/c1-7(2)4-6-16-10-9(12)8(11(14)15)3-5-13-10/h3,5H,1,4,6H2,2H3,(H,14,15). The maximum atomic E-state index is 10.8. The number of nitrogens with zero attached hydrogens (tertiary/aromatic N) is 1. The van der Waals surface area contributed by atoms with Gasteiger partial charge in [0.1, 0.15) is 5.02 Å². The highest BCUT2D eigenvalue weighted by molar-refractivity contribution is 6.34. The van der Waals surface area contributed by atoms with Crippen LogP contribution in [-0.4, -0.2) is 22.7 Å². The Morgan fingerprint density at radius 3 is 2.94 bits per heavy atom. The number of carbonyl (C=O) groups is 1. The van der Waals surface area contributed by atoms with Crippen molar-refractivity contribution in [2.75, 3.05) is 6.61 Å². The Hall–Kier alpha value is -1.55. The van der Waals surface area contributed by atoms with Gasteiger partial charge in [-0.15, -0.1) is 6.58 Å². The van der Waals surface area contributed by atoms with E-state index < -0.39 is 5.97 Å². The molecule has 0 aliphatic rings. The van der Waals surface area contributed by atoms with Crippen LogP contribution in [-0.2, 0) is 0 Å². The second-order valence-electron chi connectivity index (χ2n) is 3.34. The second kappa shape index (κ2) is 5.51. The molecule has 0 atom stereocenters. The lowest BCUT2D eigenvalue weighted by atomic mass is 10.2. The Balaban J connectivity index is 2.77. The Morgan fingerprint density at radius 2 is 2.38 bits per heavy atom. The molecular formula is C11H12ClNO3. The molecule has 1 aromatic rings. The molecule has 0 aliphatic heterocycles. The quantitative estimate of drug-likeness (QED) is 0.806. The molecule has 1 aromatic heterocycles. The van der Waals surface area contributed by atoms with E-state index in [4.69, 9.17) is 21.4 Å². The second-order valence-corrected chi connectivity index (χ2v) is 3.72. The van der Waals surface area contributed by atoms with E-state index in [1.807, 2.05) is 6.92 Å². The summed E-state index contributed by atoms with van der Waals surface area (Å²) < 4.78 is 5.27. The predicted molar refractivity (Wildman–Crippen MR) is 61.1 cm³/mol. The topological polar surface area (TPSA) is 59.4 Å². The first kappa shape index (κ1) is 12.5. The van der Waals surface area contributed by atoms with Gasteiger partial charge in [-0.05, 0) is 13.0 Å². The zero-order valence-corrected chi connectivity index (χ0v) is 9.62. The van der Waals surface area contributed by atoms with E-state index in [0.717, 1.165) is 5.57 Å². The number of aromatic nitrogens is 1. The van der Waals surface area contributed by atoms with Gasteiger partial charge in [-0.1, -0.05) is 17.2 Å². The summed E-state index contributed by atoms with van der Waals surface area (Å²) in [6, 6.07) is 1.33. The number of rotatable bonds is 5. The number of ether oxygens (including phenoxy) is 1. The molecule has 16 heavy (non-hydrogen) atoms. The summed E-state index contributed by atoms with van der Waals surface area (Å²) >= 11 is 5.83. The predicted octanol–water partition coefficient (Wildman–Crippen LogP) is 2.78. The summed E-state index contributed by atoms with van der Waals surface area (Å²) in [5.74, 6) is -0.958. The summed E-state index contributed by atoms with van der Waals surface area (Å²) in [5, 5.41) is 8.85. The van der Waals surface area contributed by atoms with Crippen LogP contribution in [0.2, 0.25) is 5.02 Å². The maximum Gasteiger partial charge on any atom is 0.337 e. The van der Waals surface area contributed by atoms with Gasteiger partial charge in [-0.2, -0.15) is 0 Å². The van der Waals surface area contributed by atoms with Gasteiger partial charge >= 0.3 is 5.97 Å². The first-order chi connectivity index (χ1) is 7.52. The van der Waals surface area contributed by atoms with Crippen LogP contribution in [0.3, 0.4) is 0 Å². The Labute approximate surface area is 98.5 Å². The minimum absolute atomic E-state index is 0.0120. The van der Waals surface area contributed by atoms with E-state index in [9.17, 15) is 4.79 Å². The van der Waals surface area contributed by atoms with E-state index in [2.05, 4.69) is 11.6 Å². The third-order valence-electron chi connectivity index (χ3n) is 1.86. The van der Waals surface area contributed by atoms with E-state index in [0.29, 0.717) is 13.0 Å². The number of hydrogen-bond acceptors (Lipinski definition) is 3. The van der Waals surface area contributed by atoms with Crippen molar-refractivity contribution in [3.8, 4) is 5.88 Å². The number of carboxylic acid groups (broad SMARTS) is 1. The van der Waals surface area contributed by atoms with Crippen molar-refractivity contribution >= 4 is 17.6 Å². The molecule has 0 radical (unpaired) electrons. The normalized spacial score (nSPS) is 9.88. The zero-order chi connectivity index (χ0) is 12.1. The van der Waals surface area contributed by atoms with Crippen LogP contribution >= 0.6 is 11.6 Å². The minimum Gasteiger partial charge on any atom is -0.478 e. The van der Waals surface area contributed by atoms with Gasteiger partial charge in [0.15, 0.2) is 0 Å². The molecule has 0 aromatic carbocycles. The van der Waals surface area contributed by atoms with E-state index in [-0.39, 0.29) is 16.5 Å². The van der Waals surface area contributed by atoms with Crippen LogP contribution in [0.15, 0.2) is 24.4 Å². The number of halogens is 1. The molecule has 0 fully saturated rings. The Kier molecular flexibility index (Phi) is 4.31. The number of hydrogen-bond donors (Lipinski definition) is 1. The van der Waals surface area contributed by atoms with E-state index >= 15 is 0 Å². The van der Waals surface area contributed by atoms with Crippen molar-refractivity contribution < 1.29 is 14.6 Å². The Bertz CT molecular complexity index is 418. The van der Waals surface area contributed by atoms with Gasteiger partial charge in [0.2, 0.25) is 5.88 Å². The molecule has 5 heteroatoms. The smallest absolute Gasteiger partial charge is 0.337 e. The number of pyridine rings is 1. The lowest BCUT2D eigenvalue weighted by Crippen LogP contribution is -2.04. The SMILES string of the molecule is C=C(C)CCOc1nccc(C(=O)O)c1Cl. The lowest BCUT2D eigenvalue weighted by Gasteiger charge is -2.07. The fraction of sp³-hybridized carbons (Fsp3) is 0.273. The van der Waals surface area contributed by atoms with Crippen LogP contribution in [0.5, 0.6) is 5.88 Å². The largest absolute Gasteiger partial charge is 0.478 e. The van der Waals surface area contributed by atoms with E-state index in [1.165, 1.54) is 12.3 Å². The maximum absolute atomic E-state index is 10.8. The fourth-order valence-electron chi connectivity index (χ4n) is 1.01. The van der Waals surface area contributed by atoms with Gasteiger partial charge in [0, 0.05) is 12.6 Å². The van der Waals surface area contributed by atoms with Crippen molar-refractivity contribution in [2.45, 2.75) is 13.3 Å². The average molecular weight is 242 g/mol. The van der Waals surface area contributed by atoms with Crippen molar-refractivity contribution in [3.63, 3.8) is 0 Å². The summed E-state index contributed by atoms with van der Waals surface area (Å²) in [7, 11) is 0. The molecule has 0 amide bonds. The van der Waals surface area contributed by atoms with Crippen LogP contribution < -0.4 is 4.74 Å². The number of carboxylic acids is 1. The van der Waals surface area contributed by atoms with Crippen LogP contribution in [0.25, 0.3) is 0 Å². The van der Waals surface area contributed by atoms with Crippen LogP contribution in [0.1, 0.15) is 23.7 Å². The molecule has 0 spiro atoms. The highest BCUT2D eigenvalue weighted by Crippen LogP contribution is 2.25. The molecule has 0 bridgehead atoms. The Morgan fingerprint density at radius 1 is 1.69 bits per heavy atom. The third kappa shape index (κ3) is 3.24. The van der Waals surface area contributed by atoms with Gasteiger partial charge < -0.3 is 9.84 Å². The van der Waals surface area contributed by atoms with Gasteiger partial charge in [0.25, 0.3) is 0 Å². The molecule has 1 N–H and O–H groups in total. The van der Waals surface area contributed by atoms with Crippen molar-refractivity contribution in [3.05, 3.63) is 35.0 Å². The molecule has 1 rings (SSSR count). The molecule has 0 unspecified atom stereocenters. The molecule has 0 saturated carbocycles. The van der Waals surface area contributed by atoms with E-state index in [1.54, 1.807) is 0 Å². The highest BCUT2D eigenvalue weighted by Gasteiger charge is 2.13. The first-order valence-electron chi connectivity index (χ1n) is 4.67. The lowest BCUT2D eigenvalue weighted by molar-refractivity contribution is 0.0696. The summed E-state index contributed by atoms with van der Waals surface area (Å²) in [6.07, 6.45) is 2.03. The third-order valence-corrected chi connectivity index (χ3v) is 2.22.